The summed E-state index contributed by atoms with van der Waals surface area (Å²) in [5.74, 6) is 0.363. The monoisotopic (exact) mass is 245 g/mol. The Morgan fingerprint density at radius 3 is 3.00 bits per heavy atom. The van der Waals surface area contributed by atoms with Crippen molar-refractivity contribution in [3.05, 3.63) is 42.5 Å². The second-order valence-corrected chi connectivity index (χ2v) is 5.53. The molecule has 2 nitrogen and oxygen atoms in total. The third kappa shape index (κ3) is 2.30. The molecule has 1 aliphatic heterocycles. The Morgan fingerprint density at radius 1 is 1.56 bits per heavy atom. The van der Waals surface area contributed by atoms with E-state index in [4.69, 9.17) is 0 Å². The second kappa shape index (κ2) is 5.15. The first kappa shape index (κ1) is 13.2. The largest absolute Gasteiger partial charge is 0.508 e. The second-order valence-electron chi connectivity index (χ2n) is 5.53. The molecule has 0 amide bonds. The van der Waals surface area contributed by atoms with Crippen molar-refractivity contribution < 1.29 is 5.11 Å². The standard InChI is InChI=1S/C16H23NO/c1-4-10-17-11-6-9-16(3,13(17)2)14-7-5-8-15(18)12-14/h4-5,7-8,12-13,18H,1,6,9-11H2,2-3H3. The lowest BCUT2D eigenvalue weighted by Gasteiger charge is -2.47. The Hall–Kier alpha value is -1.28. The normalized spacial score (nSPS) is 29.1. The SMILES string of the molecule is C=CCN1CCCC(C)(c2cccc(O)c2)C1C. The zero-order valence-electron chi connectivity index (χ0n) is 11.4. The number of nitrogens with zero attached hydrogens (tertiary/aromatic N) is 1. The van der Waals surface area contributed by atoms with Crippen molar-refractivity contribution in [2.24, 2.45) is 0 Å². The highest BCUT2D eigenvalue weighted by atomic mass is 16.3. The van der Waals surface area contributed by atoms with Gasteiger partial charge in [-0.2, -0.15) is 0 Å². The fraction of sp³-hybridized carbons (Fsp3) is 0.500. The molecule has 2 atom stereocenters. The van der Waals surface area contributed by atoms with E-state index in [0.717, 1.165) is 13.1 Å². The van der Waals surface area contributed by atoms with Crippen LogP contribution in [0, 0.1) is 0 Å². The highest BCUT2D eigenvalue weighted by Crippen LogP contribution is 2.39. The molecule has 0 aliphatic carbocycles. The van der Waals surface area contributed by atoms with E-state index >= 15 is 0 Å². The third-order valence-electron chi connectivity index (χ3n) is 4.48. The fourth-order valence-corrected chi connectivity index (χ4v) is 3.12. The lowest BCUT2D eigenvalue weighted by Crippen LogP contribution is -2.51. The number of rotatable bonds is 3. The number of phenolic OH excluding ortho intramolecular Hbond substituents is 1. The summed E-state index contributed by atoms with van der Waals surface area (Å²) in [6.07, 6.45) is 4.35. The van der Waals surface area contributed by atoms with Crippen molar-refractivity contribution in [2.75, 3.05) is 13.1 Å². The molecule has 18 heavy (non-hydrogen) atoms. The van der Waals surface area contributed by atoms with E-state index < -0.39 is 0 Å². The van der Waals surface area contributed by atoms with E-state index in [1.807, 2.05) is 18.2 Å². The fourth-order valence-electron chi connectivity index (χ4n) is 3.12. The molecule has 0 bridgehead atoms. The summed E-state index contributed by atoms with van der Waals surface area (Å²) in [6.45, 7) is 10.5. The summed E-state index contributed by atoms with van der Waals surface area (Å²) in [6, 6.07) is 8.18. The van der Waals surface area contributed by atoms with Crippen LogP contribution in [0.25, 0.3) is 0 Å². The van der Waals surface area contributed by atoms with Gasteiger partial charge in [0.05, 0.1) is 0 Å². The molecule has 2 heteroatoms. The van der Waals surface area contributed by atoms with E-state index in [1.165, 1.54) is 18.4 Å². The van der Waals surface area contributed by atoms with Gasteiger partial charge in [-0.25, -0.2) is 0 Å². The Morgan fingerprint density at radius 2 is 2.33 bits per heavy atom. The van der Waals surface area contributed by atoms with Crippen LogP contribution >= 0.6 is 0 Å². The van der Waals surface area contributed by atoms with Gasteiger partial charge in [-0.05, 0) is 44.0 Å². The molecule has 0 radical (unpaired) electrons. The van der Waals surface area contributed by atoms with Crippen molar-refractivity contribution in [3.8, 4) is 5.75 Å². The van der Waals surface area contributed by atoms with Crippen molar-refractivity contribution >= 4 is 0 Å². The molecule has 1 aliphatic rings. The molecular weight excluding hydrogens is 222 g/mol. The molecule has 0 spiro atoms. The molecule has 1 heterocycles. The van der Waals surface area contributed by atoms with Gasteiger partial charge in [0.25, 0.3) is 0 Å². The van der Waals surface area contributed by atoms with Gasteiger partial charge < -0.3 is 5.11 Å². The van der Waals surface area contributed by atoms with Crippen LogP contribution in [0.5, 0.6) is 5.75 Å². The average Bonchev–Trinajstić information content (AvgIpc) is 2.35. The first-order valence-corrected chi connectivity index (χ1v) is 6.72. The van der Waals surface area contributed by atoms with Gasteiger partial charge in [-0.1, -0.05) is 25.1 Å². The van der Waals surface area contributed by atoms with Gasteiger partial charge in [0.1, 0.15) is 5.75 Å². The van der Waals surface area contributed by atoms with Crippen LogP contribution in [-0.4, -0.2) is 29.1 Å². The van der Waals surface area contributed by atoms with Crippen molar-refractivity contribution in [1.29, 1.82) is 0 Å². The Balaban J connectivity index is 2.31. The minimum atomic E-state index is 0.111. The maximum Gasteiger partial charge on any atom is 0.115 e. The zero-order chi connectivity index (χ0) is 13.2. The number of piperidine rings is 1. The van der Waals surface area contributed by atoms with Crippen LogP contribution in [-0.2, 0) is 5.41 Å². The van der Waals surface area contributed by atoms with Crippen molar-refractivity contribution in [3.63, 3.8) is 0 Å². The number of hydrogen-bond donors (Lipinski definition) is 1. The first-order chi connectivity index (χ1) is 8.58. The molecule has 1 aromatic rings. The smallest absolute Gasteiger partial charge is 0.115 e. The minimum absolute atomic E-state index is 0.111. The quantitative estimate of drug-likeness (QED) is 0.826. The Bertz CT molecular complexity index is 429. The summed E-state index contributed by atoms with van der Waals surface area (Å²) in [5.41, 5.74) is 1.35. The van der Waals surface area contributed by atoms with Gasteiger partial charge in [-0.3, -0.25) is 4.90 Å². The summed E-state index contributed by atoms with van der Waals surface area (Å²) in [4.78, 5) is 2.47. The van der Waals surface area contributed by atoms with E-state index in [9.17, 15) is 5.11 Å². The van der Waals surface area contributed by atoms with Crippen LogP contribution in [0.1, 0.15) is 32.3 Å². The molecule has 2 rings (SSSR count). The number of aromatic hydroxyl groups is 1. The summed E-state index contributed by atoms with van der Waals surface area (Å²) < 4.78 is 0. The Kier molecular flexibility index (Phi) is 3.76. The van der Waals surface area contributed by atoms with Gasteiger partial charge >= 0.3 is 0 Å². The van der Waals surface area contributed by atoms with Crippen LogP contribution in [0.4, 0.5) is 0 Å². The van der Waals surface area contributed by atoms with E-state index in [2.05, 4.69) is 31.4 Å². The molecule has 1 aromatic carbocycles. The highest BCUT2D eigenvalue weighted by Gasteiger charge is 2.39. The number of hydrogen-bond acceptors (Lipinski definition) is 2. The van der Waals surface area contributed by atoms with Crippen LogP contribution in [0.3, 0.4) is 0 Å². The minimum Gasteiger partial charge on any atom is -0.508 e. The number of phenols is 1. The predicted octanol–water partition coefficient (Wildman–Crippen LogP) is 3.32. The summed E-state index contributed by atoms with van der Waals surface area (Å²) in [7, 11) is 0. The maximum absolute atomic E-state index is 9.68. The van der Waals surface area contributed by atoms with Crippen LogP contribution in [0.2, 0.25) is 0 Å². The van der Waals surface area contributed by atoms with E-state index in [0.29, 0.717) is 11.8 Å². The molecule has 2 unspecified atom stereocenters. The molecule has 1 saturated heterocycles. The highest BCUT2D eigenvalue weighted by molar-refractivity contribution is 5.34. The van der Waals surface area contributed by atoms with Gasteiger partial charge in [-0.15, -0.1) is 6.58 Å². The van der Waals surface area contributed by atoms with E-state index in [-0.39, 0.29) is 5.41 Å². The topological polar surface area (TPSA) is 23.5 Å². The van der Waals surface area contributed by atoms with Gasteiger partial charge in [0.15, 0.2) is 0 Å². The maximum atomic E-state index is 9.68. The molecule has 1 fully saturated rings. The van der Waals surface area contributed by atoms with Gasteiger partial charge in [0, 0.05) is 18.0 Å². The lowest BCUT2D eigenvalue weighted by molar-refractivity contribution is 0.0991. The molecule has 0 saturated carbocycles. The Labute approximate surface area is 110 Å². The van der Waals surface area contributed by atoms with Crippen molar-refractivity contribution in [2.45, 2.75) is 38.1 Å². The molecule has 98 valence electrons. The summed E-state index contributed by atoms with van der Waals surface area (Å²) in [5, 5.41) is 9.68. The lowest BCUT2D eigenvalue weighted by atomic mass is 9.70. The van der Waals surface area contributed by atoms with E-state index in [1.54, 1.807) is 6.07 Å². The van der Waals surface area contributed by atoms with Crippen LogP contribution < -0.4 is 0 Å². The first-order valence-electron chi connectivity index (χ1n) is 6.72. The molecular formula is C16H23NO. The predicted molar refractivity (Wildman–Crippen MR) is 75.9 cm³/mol. The zero-order valence-corrected chi connectivity index (χ0v) is 11.4. The number of likely N-dealkylation sites (tertiary alicyclic amines) is 1. The molecule has 1 N–H and O–H groups in total. The average molecular weight is 245 g/mol. The number of benzene rings is 1. The third-order valence-corrected chi connectivity index (χ3v) is 4.48. The van der Waals surface area contributed by atoms with Crippen LogP contribution in [0.15, 0.2) is 36.9 Å². The van der Waals surface area contributed by atoms with Crippen molar-refractivity contribution in [1.82, 2.24) is 4.90 Å². The van der Waals surface area contributed by atoms with Gasteiger partial charge in [0.2, 0.25) is 0 Å². The summed E-state index contributed by atoms with van der Waals surface area (Å²) >= 11 is 0. The molecule has 0 aromatic heterocycles.